The Kier molecular flexibility index (Phi) is 17.8. The van der Waals surface area contributed by atoms with Crippen molar-refractivity contribution in [3.63, 3.8) is 0 Å². The Balaban J connectivity index is 0. The number of likely N-dealkylation sites (tertiary alicyclic amines) is 1. The molecule has 2 radical (unpaired) electrons. The van der Waals surface area contributed by atoms with E-state index in [9.17, 15) is 0 Å². The first-order valence-corrected chi connectivity index (χ1v) is 8.99. The zero-order valence-electron chi connectivity index (χ0n) is 17.3. The smallest absolute Gasteiger partial charge is 0.226 e. The molecule has 1 N–H and O–H groups in total. The van der Waals surface area contributed by atoms with E-state index in [1.165, 1.54) is 32.4 Å². The largest absolute Gasteiger partial charge is 0.358 e. The summed E-state index contributed by atoms with van der Waals surface area (Å²) in [6.07, 6.45) is 4.68. The standard InChI is InChI=1S/C18H24ClN5.2CH3.2Y/c1-14-21-17(13-15-5-7-16(19)8-6-15)23-18(22-14)20-9-12-24-10-3-2-4-11-24;;;;/h5-8H,2-4,9-13H2,1H3,(H,20,21,22,23);2*1H3;;/q;2*-1;;. The zero-order chi connectivity index (χ0) is 16.8. The van der Waals surface area contributed by atoms with Gasteiger partial charge in [-0.2, -0.15) is 9.97 Å². The molecule has 1 saturated heterocycles. The van der Waals surface area contributed by atoms with Gasteiger partial charge < -0.3 is 25.1 Å². The molecular weight excluding hydrogens is 524 g/mol. The van der Waals surface area contributed by atoms with Gasteiger partial charge in [0.1, 0.15) is 11.6 Å². The fourth-order valence-corrected chi connectivity index (χ4v) is 3.12. The van der Waals surface area contributed by atoms with Crippen molar-refractivity contribution >= 4 is 17.5 Å². The minimum atomic E-state index is 0. The number of anilines is 1. The second-order valence-corrected chi connectivity index (χ2v) is 6.69. The molecule has 0 spiro atoms. The van der Waals surface area contributed by atoms with Gasteiger partial charge in [0, 0.05) is 90.0 Å². The van der Waals surface area contributed by atoms with Gasteiger partial charge in [-0.3, -0.25) is 0 Å². The van der Waals surface area contributed by atoms with Crippen LogP contribution >= 0.6 is 11.6 Å². The fraction of sp³-hybridized carbons (Fsp3) is 0.450. The molecule has 0 atom stereocenters. The van der Waals surface area contributed by atoms with Crippen LogP contribution in [0.5, 0.6) is 0 Å². The van der Waals surface area contributed by atoms with E-state index in [0.29, 0.717) is 12.4 Å². The van der Waals surface area contributed by atoms with Crippen molar-refractivity contribution in [2.24, 2.45) is 0 Å². The first kappa shape index (κ1) is 30.7. The van der Waals surface area contributed by atoms with E-state index in [4.69, 9.17) is 11.6 Å². The first-order valence-electron chi connectivity index (χ1n) is 8.61. The number of piperidine rings is 1. The summed E-state index contributed by atoms with van der Waals surface area (Å²) in [5, 5.41) is 4.08. The van der Waals surface area contributed by atoms with Gasteiger partial charge in [-0.15, -0.1) is 0 Å². The van der Waals surface area contributed by atoms with Crippen LogP contribution in [0.15, 0.2) is 24.3 Å². The summed E-state index contributed by atoms with van der Waals surface area (Å²) in [7, 11) is 0. The molecule has 0 bridgehead atoms. The van der Waals surface area contributed by atoms with Crippen LogP contribution in [-0.4, -0.2) is 46.0 Å². The molecule has 0 saturated carbocycles. The zero-order valence-corrected chi connectivity index (χ0v) is 23.7. The van der Waals surface area contributed by atoms with Crippen LogP contribution in [0, 0.1) is 21.8 Å². The normalized spacial score (nSPS) is 13.2. The van der Waals surface area contributed by atoms with Crippen molar-refractivity contribution in [2.45, 2.75) is 32.6 Å². The van der Waals surface area contributed by atoms with E-state index >= 15 is 0 Å². The van der Waals surface area contributed by atoms with Crippen LogP contribution < -0.4 is 5.32 Å². The Labute approximate surface area is 226 Å². The SMILES string of the molecule is Cc1nc(Cc2ccc(Cl)cc2)nc(NCCN2CCCCC2)n1.[CH3-].[CH3-].[Y].[Y]. The quantitative estimate of drug-likeness (QED) is 0.543. The number of halogens is 1. The molecular formula is C20H30ClN5Y2-2. The van der Waals surface area contributed by atoms with Crippen LogP contribution in [0.4, 0.5) is 5.95 Å². The summed E-state index contributed by atoms with van der Waals surface area (Å²) in [5.74, 6) is 2.20. The van der Waals surface area contributed by atoms with Gasteiger partial charge >= 0.3 is 0 Å². The predicted molar refractivity (Wildman–Crippen MR) is 110 cm³/mol. The van der Waals surface area contributed by atoms with Crippen molar-refractivity contribution in [1.82, 2.24) is 19.9 Å². The molecule has 8 heteroatoms. The molecule has 0 amide bonds. The fourth-order valence-electron chi connectivity index (χ4n) is 2.99. The van der Waals surface area contributed by atoms with Crippen LogP contribution in [0.3, 0.4) is 0 Å². The second kappa shape index (κ2) is 16.2. The minimum absolute atomic E-state index is 0. The molecule has 150 valence electrons. The third kappa shape index (κ3) is 10.5. The Morgan fingerprint density at radius 1 is 0.964 bits per heavy atom. The van der Waals surface area contributed by atoms with Crippen molar-refractivity contribution in [1.29, 1.82) is 0 Å². The third-order valence-electron chi connectivity index (χ3n) is 4.23. The third-order valence-corrected chi connectivity index (χ3v) is 4.48. The number of hydrogen-bond acceptors (Lipinski definition) is 5. The maximum absolute atomic E-state index is 5.93. The van der Waals surface area contributed by atoms with Gasteiger partial charge in [0.15, 0.2) is 0 Å². The number of hydrogen-bond donors (Lipinski definition) is 1. The van der Waals surface area contributed by atoms with Crippen molar-refractivity contribution < 1.29 is 65.4 Å². The Morgan fingerprint density at radius 3 is 2.25 bits per heavy atom. The molecule has 1 aliphatic rings. The van der Waals surface area contributed by atoms with E-state index in [-0.39, 0.29) is 80.3 Å². The molecule has 0 aliphatic carbocycles. The molecule has 28 heavy (non-hydrogen) atoms. The van der Waals surface area contributed by atoms with E-state index in [2.05, 4.69) is 25.2 Å². The van der Waals surface area contributed by atoms with Gasteiger partial charge in [-0.05, 0) is 50.6 Å². The number of nitrogens with zero attached hydrogens (tertiary/aromatic N) is 4. The molecule has 1 aromatic carbocycles. The number of nitrogens with one attached hydrogen (secondary N) is 1. The predicted octanol–water partition coefficient (Wildman–Crippen LogP) is 4.22. The molecule has 5 nitrogen and oxygen atoms in total. The Morgan fingerprint density at radius 2 is 1.61 bits per heavy atom. The van der Waals surface area contributed by atoms with Crippen molar-refractivity contribution in [3.05, 3.63) is 61.4 Å². The number of rotatable bonds is 6. The minimum Gasteiger partial charge on any atom is -0.358 e. The van der Waals surface area contributed by atoms with Gasteiger partial charge in [0.05, 0.1) is 0 Å². The summed E-state index contributed by atoms with van der Waals surface area (Å²) in [6, 6.07) is 7.79. The molecule has 0 unspecified atom stereocenters. The first-order chi connectivity index (χ1) is 11.7. The van der Waals surface area contributed by atoms with Crippen molar-refractivity contribution in [2.75, 3.05) is 31.5 Å². The Bertz CT molecular complexity index is 664. The summed E-state index contributed by atoms with van der Waals surface area (Å²) in [4.78, 5) is 15.9. The molecule has 3 rings (SSSR count). The molecule has 1 aromatic heterocycles. The van der Waals surface area contributed by atoms with Crippen LogP contribution in [0.25, 0.3) is 0 Å². The van der Waals surface area contributed by atoms with Gasteiger partial charge in [0.25, 0.3) is 0 Å². The van der Waals surface area contributed by atoms with Crippen molar-refractivity contribution in [3.8, 4) is 0 Å². The molecule has 1 fully saturated rings. The number of aryl methyl sites for hydroxylation is 1. The van der Waals surface area contributed by atoms with Crippen LogP contribution in [-0.2, 0) is 71.8 Å². The van der Waals surface area contributed by atoms with E-state index in [1.54, 1.807) is 0 Å². The Hall–Kier alpha value is 0.488. The van der Waals surface area contributed by atoms with Gasteiger partial charge in [-0.1, -0.05) is 30.2 Å². The summed E-state index contributed by atoms with van der Waals surface area (Å²) < 4.78 is 0. The maximum Gasteiger partial charge on any atom is 0.226 e. The average Bonchev–Trinajstić information content (AvgIpc) is 2.57. The van der Waals surface area contributed by atoms with E-state index < -0.39 is 0 Å². The topological polar surface area (TPSA) is 53.9 Å². The molecule has 2 aromatic rings. The summed E-state index contributed by atoms with van der Waals surface area (Å²) in [5.41, 5.74) is 1.14. The number of aromatic nitrogens is 3. The van der Waals surface area contributed by atoms with E-state index in [0.717, 1.165) is 35.3 Å². The van der Waals surface area contributed by atoms with Crippen LogP contribution in [0.2, 0.25) is 5.02 Å². The summed E-state index contributed by atoms with van der Waals surface area (Å²) in [6.45, 7) is 6.23. The maximum atomic E-state index is 5.93. The second-order valence-electron chi connectivity index (χ2n) is 6.25. The van der Waals surface area contributed by atoms with E-state index in [1.807, 2.05) is 31.2 Å². The monoisotopic (exact) mass is 553 g/mol. The molecule has 2 heterocycles. The van der Waals surface area contributed by atoms with Gasteiger partial charge in [-0.25, -0.2) is 4.98 Å². The van der Waals surface area contributed by atoms with Gasteiger partial charge in [0.2, 0.25) is 5.95 Å². The average molecular weight is 554 g/mol. The summed E-state index contributed by atoms with van der Waals surface area (Å²) >= 11 is 5.93. The molecule has 1 aliphatic heterocycles. The van der Waals surface area contributed by atoms with Crippen LogP contribution in [0.1, 0.15) is 36.5 Å². The number of benzene rings is 1.